The highest BCUT2D eigenvalue weighted by Gasteiger charge is 2.18. The molecule has 0 unspecified atom stereocenters. The molecule has 0 atom stereocenters. The zero-order valence-electron chi connectivity index (χ0n) is 12.2. The van der Waals surface area contributed by atoms with Crippen LogP contribution in [-0.4, -0.2) is 40.8 Å². The predicted molar refractivity (Wildman–Crippen MR) is 75.2 cm³/mol. The van der Waals surface area contributed by atoms with E-state index in [-0.39, 0.29) is 18.9 Å². The van der Waals surface area contributed by atoms with Crippen molar-refractivity contribution in [3.05, 3.63) is 23.0 Å². The number of amides is 1. The second-order valence-electron chi connectivity index (χ2n) is 4.72. The summed E-state index contributed by atoms with van der Waals surface area (Å²) in [6.07, 6.45) is 0. The first-order valence-electron chi connectivity index (χ1n) is 6.61. The molecule has 0 aliphatic rings. The number of aromatic nitrogens is 1. The first-order valence-corrected chi connectivity index (χ1v) is 6.61. The van der Waals surface area contributed by atoms with Crippen molar-refractivity contribution in [2.75, 3.05) is 19.6 Å². The fourth-order valence-corrected chi connectivity index (χ4v) is 2.36. The van der Waals surface area contributed by atoms with Crippen molar-refractivity contribution in [3.63, 3.8) is 0 Å². The number of hydrogen-bond donors (Lipinski definition) is 1. The van der Waals surface area contributed by atoms with E-state index in [1.807, 2.05) is 26.8 Å². The minimum atomic E-state index is -0.409. The molecule has 19 heavy (non-hydrogen) atoms. The van der Waals surface area contributed by atoms with Crippen LogP contribution < -0.4 is 5.73 Å². The van der Waals surface area contributed by atoms with Crippen molar-refractivity contribution in [2.24, 2.45) is 5.73 Å². The highest BCUT2D eigenvalue weighted by Crippen LogP contribution is 2.16. The summed E-state index contributed by atoms with van der Waals surface area (Å²) in [4.78, 5) is 25.0. The maximum atomic E-state index is 12.3. The van der Waals surface area contributed by atoms with Crippen LogP contribution in [0.4, 0.5) is 0 Å². The Hall–Kier alpha value is -1.62. The van der Waals surface area contributed by atoms with Crippen LogP contribution in [0.5, 0.6) is 0 Å². The Labute approximate surface area is 114 Å². The summed E-state index contributed by atoms with van der Waals surface area (Å²) < 4.78 is 2.11. The standard InChI is InChI=1S/C14H23N3O2/c1-5-16(9-14(15)19)8-13(18)12-7-10(3)17(6-2)11(12)4/h7H,5-6,8-9H2,1-4H3,(H2,15,19). The monoisotopic (exact) mass is 265 g/mol. The molecule has 1 amide bonds. The van der Waals surface area contributed by atoms with Crippen LogP contribution in [0, 0.1) is 13.8 Å². The van der Waals surface area contributed by atoms with Crippen LogP contribution in [0.15, 0.2) is 6.07 Å². The summed E-state index contributed by atoms with van der Waals surface area (Å²) in [6, 6.07) is 1.92. The van der Waals surface area contributed by atoms with Gasteiger partial charge in [-0.25, -0.2) is 0 Å². The predicted octanol–water partition coefficient (Wildman–Crippen LogP) is 1.11. The number of carbonyl (C=O) groups is 2. The Morgan fingerprint density at radius 1 is 1.26 bits per heavy atom. The topological polar surface area (TPSA) is 68.3 Å². The number of primary amides is 1. The van der Waals surface area contributed by atoms with Gasteiger partial charge < -0.3 is 10.3 Å². The molecule has 0 bridgehead atoms. The lowest BCUT2D eigenvalue weighted by Crippen LogP contribution is -2.37. The van der Waals surface area contributed by atoms with Crippen molar-refractivity contribution in [1.82, 2.24) is 9.47 Å². The second-order valence-corrected chi connectivity index (χ2v) is 4.72. The van der Waals surface area contributed by atoms with Gasteiger partial charge in [-0.15, -0.1) is 0 Å². The lowest BCUT2D eigenvalue weighted by Gasteiger charge is -2.17. The lowest BCUT2D eigenvalue weighted by molar-refractivity contribution is -0.118. The molecule has 0 aliphatic carbocycles. The number of likely N-dealkylation sites (N-methyl/N-ethyl adjacent to an activating group) is 1. The van der Waals surface area contributed by atoms with E-state index in [0.717, 1.165) is 23.5 Å². The van der Waals surface area contributed by atoms with Crippen molar-refractivity contribution in [3.8, 4) is 0 Å². The van der Waals surface area contributed by atoms with Crippen molar-refractivity contribution in [2.45, 2.75) is 34.2 Å². The largest absolute Gasteiger partial charge is 0.369 e. The highest BCUT2D eigenvalue weighted by molar-refractivity contribution is 5.99. The molecule has 1 aromatic heterocycles. The zero-order valence-corrected chi connectivity index (χ0v) is 12.2. The Morgan fingerprint density at radius 3 is 2.32 bits per heavy atom. The summed E-state index contributed by atoms with van der Waals surface area (Å²) in [7, 11) is 0. The Balaban J connectivity index is 2.86. The average Bonchev–Trinajstić information content (AvgIpc) is 2.62. The van der Waals surface area contributed by atoms with E-state index in [0.29, 0.717) is 6.54 Å². The van der Waals surface area contributed by atoms with Crippen molar-refractivity contribution < 1.29 is 9.59 Å². The summed E-state index contributed by atoms with van der Waals surface area (Å²) in [6.45, 7) is 9.74. The van der Waals surface area contributed by atoms with E-state index in [9.17, 15) is 9.59 Å². The molecule has 1 rings (SSSR count). The van der Waals surface area contributed by atoms with E-state index in [2.05, 4.69) is 11.5 Å². The molecule has 0 saturated heterocycles. The molecule has 0 fully saturated rings. The molecule has 5 heteroatoms. The molecule has 0 saturated carbocycles. The number of nitrogens with zero attached hydrogens (tertiary/aromatic N) is 2. The summed E-state index contributed by atoms with van der Waals surface area (Å²) in [5, 5.41) is 0. The minimum absolute atomic E-state index is 0.0379. The molecule has 0 aromatic carbocycles. The number of ketones is 1. The maximum absolute atomic E-state index is 12.3. The van der Waals surface area contributed by atoms with Crippen molar-refractivity contribution >= 4 is 11.7 Å². The number of Topliss-reactive ketones (excluding diaryl/α,β-unsaturated/α-hetero) is 1. The van der Waals surface area contributed by atoms with E-state index >= 15 is 0 Å². The SMILES string of the molecule is CCN(CC(N)=O)CC(=O)c1cc(C)n(CC)c1C. The zero-order chi connectivity index (χ0) is 14.6. The van der Waals surface area contributed by atoms with Gasteiger partial charge in [-0.05, 0) is 33.4 Å². The number of carbonyl (C=O) groups excluding carboxylic acids is 2. The van der Waals surface area contributed by atoms with Gasteiger partial charge in [0.1, 0.15) is 0 Å². The number of nitrogens with two attached hydrogens (primary N) is 1. The maximum Gasteiger partial charge on any atom is 0.231 e. The number of hydrogen-bond acceptors (Lipinski definition) is 3. The van der Waals surface area contributed by atoms with Gasteiger partial charge in [0, 0.05) is 23.5 Å². The molecule has 5 nitrogen and oxygen atoms in total. The second kappa shape index (κ2) is 6.52. The minimum Gasteiger partial charge on any atom is -0.369 e. The normalized spacial score (nSPS) is 11.0. The van der Waals surface area contributed by atoms with E-state index < -0.39 is 5.91 Å². The fraction of sp³-hybridized carbons (Fsp3) is 0.571. The van der Waals surface area contributed by atoms with Gasteiger partial charge in [0.05, 0.1) is 13.1 Å². The number of rotatable bonds is 7. The van der Waals surface area contributed by atoms with Crippen LogP contribution in [0.3, 0.4) is 0 Å². The first kappa shape index (κ1) is 15.4. The lowest BCUT2D eigenvalue weighted by atomic mass is 10.1. The van der Waals surface area contributed by atoms with Crippen LogP contribution in [0.25, 0.3) is 0 Å². The number of aryl methyl sites for hydroxylation is 1. The quantitative estimate of drug-likeness (QED) is 0.751. The fourth-order valence-electron chi connectivity index (χ4n) is 2.36. The van der Waals surface area contributed by atoms with Crippen LogP contribution >= 0.6 is 0 Å². The third-order valence-electron chi connectivity index (χ3n) is 3.38. The molecular weight excluding hydrogens is 242 g/mol. The molecule has 0 aliphatic heterocycles. The van der Waals surface area contributed by atoms with Gasteiger partial charge in [-0.2, -0.15) is 0 Å². The molecule has 0 spiro atoms. The average molecular weight is 265 g/mol. The van der Waals surface area contributed by atoms with Gasteiger partial charge in [0.2, 0.25) is 5.91 Å². The smallest absolute Gasteiger partial charge is 0.231 e. The first-order chi connectivity index (χ1) is 8.90. The van der Waals surface area contributed by atoms with Crippen LogP contribution in [0.1, 0.15) is 35.6 Å². The van der Waals surface area contributed by atoms with Crippen LogP contribution in [0.2, 0.25) is 0 Å². The van der Waals surface area contributed by atoms with E-state index in [1.165, 1.54) is 0 Å². The third kappa shape index (κ3) is 3.67. The van der Waals surface area contributed by atoms with Gasteiger partial charge in [-0.1, -0.05) is 6.92 Å². The Kier molecular flexibility index (Phi) is 5.30. The Bertz CT molecular complexity index is 477. The molecule has 2 N–H and O–H groups in total. The molecule has 106 valence electrons. The van der Waals surface area contributed by atoms with Crippen molar-refractivity contribution in [1.29, 1.82) is 0 Å². The molecule has 0 radical (unpaired) electrons. The van der Waals surface area contributed by atoms with Gasteiger partial charge >= 0.3 is 0 Å². The highest BCUT2D eigenvalue weighted by atomic mass is 16.1. The van der Waals surface area contributed by atoms with E-state index in [1.54, 1.807) is 4.90 Å². The Morgan fingerprint density at radius 2 is 1.89 bits per heavy atom. The van der Waals surface area contributed by atoms with Gasteiger partial charge in [0.25, 0.3) is 0 Å². The van der Waals surface area contributed by atoms with Crippen LogP contribution in [-0.2, 0) is 11.3 Å². The molecule has 1 heterocycles. The summed E-state index contributed by atoms with van der Waals surface area (Å²) >= 11 is 0. The summed E-state index contributed by atoms with van der Waals surface area (Å²) in [5.74, 6) is -0.371. The van der Waals surface area contributed by atoms with Gasteiger partial charge in [-0.3, -0.25) is 14.5 Å². The molecule has 1 aromatic rings. The van der Waals surface area contributed by atoms with Gasteiger partial charge in [0.15, 0.2) is 5.78 Å². The summed E-state index contributed by atoms with van der Waals surface area (Å²) in [5.41, 5.74) is 7.98. The molecular formula is C14H23N3O2. The van der Waals surface area contributed by atoms with E-state index in [4.69, 9.17) is 5.73 Å². The third-order valence-corrected chi connectivity index (χ3v) is 3.38.